The highest BCUT2D eigenvalue weighted by molar-refractivity contribution is 5.94. The van der Waals surface area contributed by atoms with Crippen molar-refractivity contribution in [3.05, 3.63) is 35.6 Å². The predicted octanol–water partition coefficient (Wildman–Crippen LogP) is 1.27. The third-order valence-corrected chi connectivity index (χ3v) is 3.29. The van der Waals surface area contributed by atoms with Crippen LogP contribution in [0.3, 0.4) is 0 Å². The lowest BCUT2D eigenvalue weighted by atomic mass is 10.2. The molecular formula is C14H18FN3O2. The van der Waals surface area contributed by atoms with Gasteiger partial charge < -0.3 is 14.7 Å². The second-order valence-electron chi connectivity index (χ2n) is 4.97. The monoisotopic (exact) mass is 279 g/mol. The Morgan fingerprint density at radius 1 is 1.10 bits per heavy atom. The van der Waals surface area contributed by atoms with Gasteiger partial charge in [-0.05, 0) is 18.2 Å². The molecule has 1 aliphatic heterocycles. The topological polar surface area (TPSA) is 43.9 Å². The average Bonchev–Trinajstić information content (AvgIpc) is 2.46. The van der Waals surface area contributed by atoms with Crippen molar-refractivity contribution >= 4 is 11.9 Å². The first-order valence-corrected chi connectivity index (χ1v) is 6.50. The van der Waals surface area contributed by atoms with Crippen LogP contribution in [-0.4, -0.2) is 66.9 Å². The van der Waals surface area contributed by atoms with Crippen LogP contribution in [0.5, 0.6) is 0 Å². The van der Waals surface area contributed by atoms with Crippen molar-refractivity contribution in [1.82, 2.24) is 14.7 Å². The van der Waals surface area contributed by atoms with Crippen molar-refractivity contribution in [2.45, 2.75) is 0 Å². The van der Waals surface area contributed by atoms with Crippen LogP contribution >= 0.6 is 0 Å². The van der Waals surface area contributed by atoms with Crippen molar-refractivity contribution in [3.63, 3.8) is 0 Å². The van der Waals surface area contributed by atoms with Gasteiger partial charge in [0, 0.05) is 45.8 Å². The van der Waals surface area contributed by atoms with E-state index in [0.29, 0.717) is 31.7 Å². The highest BCUT2D eigenvalue weighted by atomic mass is 19.1. The Hall–Kier alpha value is -2.11. The Bertz CT molecular complexity index is 511. The van der Waals surface area contributed by atoms with E-state index < -0.39 is 5.82 Å². The minimum Gasteiger partial charge on any atom is -0.335 e. The molecule has 0 N–H and O–H groups in total. The molecule has 1 aromatic rings. The van der Waals surface area contributed by atoms with Gasteiger partial charge in [-0.1, -0.05) is 6.07 Å². The summed E-state index contributed by atoms with van der Waals surface area (Å²) in [5.74, 6) is -0.612. The number of nitrogens with zero attached hydrogens (tertiary/aromatic N) is 3. The zero-order valence-electron chi connectivity index (χ0n) is 11.7. The van der Waals surface area contributed by atoms with Crippen LogP contribution in [0.4, 0.5) is 9.18 Å². The number of urea groups is 1. The normalized spacial score (nSPS) is 15.2. The fourth-order valence-corrected chi connectivity index (χ4v) is 2.19. The molecule has 0 saturated carbocycles. The molecule has 108 valence electrons. The lowest BCUT2D eigenvalue weighted by Crippen LogP contribution is -2.52. The molecule has 0 unspecified atom stereocenters. The first kappa shape index (κ1) is 14.3. The molecule has 0 aromatic heterocycles. The summed E-state index contributed by atoms with van der Waals surface area (Å²) in [7, 11) is 3.40. The molecule has 1 heterocycles. The summed E-state index contributed by atoms with van der Waals surface area (Å²) in [4.78, 5) is 28.9. The summed E-state index contributed by atoms with van der Waals surface area (Å²) < 4.78 is 13.1. The summed E-state index contributed by atoms with van der Waals surface area (Å²) in [5.41, 5.74) is 0.345. The molecule has 0 spiro atoms. The van der Waals surface area contributed by atoms with Crippen LogP contribution in [0, 0.1) is 5.82 Å². The van der Waals surface area contributed by atoms with E-state index in [1.807, 2.05) is 0 Å². The van der Waals surface area contributed by atoms with E-state index >= 15 is 0 Å². The summed E-state index contributed by atoms with van der Waals surface area (Å²) >= 11 is 0. The van der Waals surface area contributed by atoms with Crippen molar-refractivity contribution in [3.8, 4) is 0 Å². The Balaban J connectivity index is 1.97. The van der Waals surface area contributed by atoms with Gasteiger partial charge in [0.15, 0.2) is 0 Å². The molecule has 1 fully saturated rings. The number of carbonyl (C=O) groups excluding carboxylic acids is 2. The second kappa shape index (κ2) is 5.90. The smallest absolute Gasteiger partial charge is 0.319 e. The van der Waals surface area contributed by atoms with E-state index in [4.69, 9.17) is 0 Å². The third-order valence-electron chi connectivity index (χ3n) is 3.29. The number of hydrogen-bond donors (Lipinski definition) is 0. The van der Waals surface area contributed by atoms with Crippen LogP contribution in [0.15, 0.2) is 24.3 Å². The van der Waals surface area contributed by atoms with E-state index in [9.17, 15) is 14.0 Å². The summed E-state index contributed by atoms with van der Waals surface area (Å²) in [6.45, 7) is 1.93. The maximum atomic E-state index is 13.1. The van der Waals surface area contributed by atoms with E-state index in [1.165, 1.54) is 23.1 Å². The standard InChI is InChI=1S/C14H18FN3O2/c1-16(2)14(20)18-8-6-17(7-9-18)13(19)11-4-3-5-12(15)10-11/h3-5,10H,6-9H2,1-2H3. The first-order chi connectivity index (χ1) is 9.49. The quantitative estimate of drug-likeness (QED) is 0.777. The molecular weight excluding hydrogens is 261 g/mol. The zero-order chi connectivity index (χ0) is 14.7. The van der Waals surface area contributed by atoms with Crippen LogP contribution in [0.25, 0.3) is 0 Å². The van der Waals surface area contributed by atoms with Gasteiger partial charge in [0.1, 0.15) is 5.82 Å². The van der Waals surface area contributed by atoms with Gasteiger partial charge in [-0.2, -0.15) is 0 Å². The molecule has 5 nitrogen and oxygen atoms in total. The SMILES string of the molecule is CN(C)C(=O)N1CCN(C(=O)c2cccc(F)c2)CC1. The van der Waals surface area contributed by atoms with Crippen molar-refractivity contribution in [2.75, 3.05) is 40.3 Å². The van der Waals surface area contributed by atoms with E-state index in [1.54, 1.807) is 30.0 Å². The fraction of sp³-hybridized carbons (Fsp3) is 0.429. The highest BCUT2D eigenvalue weighted by Crippen LogP contribution is 2.11. The van der Waals surface area contributed by atoms with Crippen molar-refractivity contribution in [2.24, 2.45) is 0 Å². The number of piperazine rings is 1. The molecule has 1 aliphatic rings. The molecule has 2 rings (SSSR count). The average molecular weight is 279 g/mol. The van der Waals surface area contributed by atoms with Crippen LogP contribution < -0.4 is 0 Å². The third kappa shape index (κ3) is 3.07. The van der Waals surface area contributed by atoms with Crippen LogP contribution in [0.2, 0.25) is 0 Å². The molecule has 0 atom stereocenters. The van der Waals surface area contributed by atoms with E-state index in [2.05, 4.69) is 0 Å². The number of hydrogen-bond acceptors (Lipinski definition) is 2. The van der Waals surface area contributed by atoms with Crippen LogP contribution in [0.1, 0.15) is 10.4 Å². The largest absolute Gasteiger partial charge is 0.335 e. The van der Waals surface area contributed by atoms with Crippen molar-refractivity contribution in [1.29, 1.82) is 0 Å². The summed E-state index contributed by atoms with van der Waals surface area (Å²) in [6.07, 6.45) is 0. The number of halogens is 1. The Kier molecular flexibility index (Phi) is 4.22. The van der Waals surface area contributed by atoms with E-state index in [0.717, 1.165) is 0 Å². The number of carbonyl (C=O) groups is 2. The first-order valence-electron chi connectivity index (χ1n) is 6.50. The summed E-state index contributed by atoms with van der Waals surface area (Å²) in [5, 5.41) is 0. The Morgan fingerprint density at radius 2 is 1.70 bits per heavy atom. The second-order valence-corrected chi connectivity index (χ2v) is 4.97. The molecule has 0 aliphatic carbocycles. The van der Waals surface area contributed by atoms with Gasteiger partial charge >= 0.3 is 6.03 Å². The van der Waals surface area contributed by atoms with E-state index in [-0.39, 0.29) is 11.9 Å². The molecule has 1 aromatic carbocycles. The van der Waals surface area contributed by atoms with Gasteiger partial charge in [-0.25, -0.2) is 9.18 Å². The predicted molar refractivity (Wildman–Crippen MR) is 73.0 cm³/mol. The molecule has 3 amide bonds. The molecule has 1 saturated heterocycles. The molecule has 0 bridgehead atoms. The van der Waals surface area contributed by atoms with Gasteiger partial charge in [0.05, 0.1) is 0 Å². The lowest BCUT2D eigenvalue weighted by Gasteiger charge is -2.36. The number of benzene rings is 1. The number of amides is 3. The summed E-state index contributed by atoms with van der Waals surface area (Å²) in [6, 6.07) is 5.62. The zero-order valence-corrected chi connectivity index (χ0v) is 11.7. The lowest BCUT2D eigenvalue weighted by molar-refractivity contribution is 0.0650. The molecule has 6 heteroatoms. The maximum absolute atomic E-state index is 13.1. The van der Waals surface area contributed by atoms with Gasteiger partial charge in [-0.3, -0.25) is 4.79 Å². The van der Waals surface area contributed by atoms with Crippen molar-refractivity contribution < 1.29 is 14.0 Å². The Morgan fingerprint density at radius 3 is 2.25 bits per heavy atom. The maximum Gasteiger partial charge on any atom is 0.319 e. The minimum absolute atomic E-state index is 0.0529. The van der Waals surface area contributed by atoms with Gasteiger partial charge in [0.2, 0.25) is 0 Å². The van der Waals surface area contributed by atoms with Crippen LogP contribution in [-0.2, 0) is 0 Å². The van der Waals surface area contributed by atoms with Gasteiger partial charge in [-0.15, -0.1) is 0 Å². The minimum atomic E-state index is -0.419. The van der Waals surface area contributed by atoms with Gasteiger partial charge in [0.25, 0.3) is 5.91 Å². The fourth-order valence-electron chi connectivity index (χ4n) is 2.19. The molecule has 0 radical (unpaired) electrons. The number of rotatable bonds is 1. The highest BCUT2D eigenvalue weighted by Gasteiger charge is 2.25. The Labute approximate surface area is 117 Å². The molecule has 20 heavy (non-hydrogen) atoms.